The third-order valence-corrected chi connectivity index (χ3v) is 3.76. The second-order valence-electron chi connectivity index (χ2n) is 5.20. The highest BCUT2D eigenvalue weighted by molar-refractivity contribution is 7.80. The molecule has 2 N–H and O–H groups in total. The molecule has 0 bridgehead atoms. The van der Waals surface area contributed by atoms with E-state index < -0.39 is 0 Å². The molecule has 1 heterocycles. The first kappa shape index (κ1) is 13.9. The zero-order valence-corrected chi connectivity index (χ0v) is 12.7. The number of hydrogen-bond donors (Lipinski definition) is 2. The maximum absolute atomic E-state index is 5.67. The Bertz CT molecular complexity index is 657. The van der Waals surface area contributed by atoms with E-state index in [1.54, 1.807) is 0 Å². The predicted octanol–water partition coefficient (Wildman–Crippen LogP) is 3.81. The van der Waals surface area contributed by atoms with Gasteiger partial charge in [0.05, 0.1) is 12.6 Å². The standard InChI is InChI=1S/C17H18N2OS/c1-12-5-4-6-13(11-12)18-17(21)19-15-9-10-20-16-8-3-2-7-14(15)16/h2-8,11,15H,9-10H2,1H3,(H2,18,19,21)/t15-/m1/s1. The fourth-order valence-electron chi connectivity index (χ4n) is 2.54. The second kappa shape index (κ2) is 6.14. The summed E-state index contributed by atoms with van der Waals surface area (Å²) in [5, 5.41) is 7.26. The lowest BCUT2D eigenvalue weighted by atomic mass is 10.0. The number of thiocarbonyl (C=S) groups is 1. The molecular formula is C17H18N2OS. The molecule has 2 aromatic carbocycles. The summed E-state index contributed by atoms with van der Waals surface area (Å²) in [4.78, 5) is 0. The molecule has 3 nitrogen and oxygen atoms in total. The van der Waals surface area contributed by atoms with Gasteiger partial charge in [0.25, 0.3) is 0 Å². The fourth-order valence-corrected chi connectivity index (χ4v) is 2.80. The van der Waals surface area contributed by atoms with Gasteiger partial charge in [0, 0.05) is 17.7 Å². The summed E-state index contributed by atoms with van der Waals surface area (Å²) in [5.74, 6) is 0.944. The number of benzene rings is 2. The number of anilines is 1. The van der Waals surface area contributed by atoms with Crippen LogP contribution in [0.15, 0.2) is 48.5 Å². The normalized spacial score (nSPS) is 16.5. The van der Waals surface area contributed by atoms with Crippen LogP contribution in [0.4, 0.5) is 5.69 Å². The molecule has 1 atom stereocenters. The molecule has 0 aromatic heterocycles. The highest BCUT2D eigenvalue weighted by Gasteiger charge is 2.21. The van der Waals surface area contributed by atoms with Crippen molar-refractivity contribution in [2.24, 2.45) is 0 Å². The van der Waals surface area contributed by atoms with Crippen LogP contribution in [0.5, 0.6) is 5.75 Å². The fraction of sp³-hybridized carbons (Fsp3) is 0.235. The van der Waals surface area contributed by atoms with Crippen LogP contribution in [0.3, 0.4) is 0 Å². The Morgan fingerprint density at radius 2 is 2.05 bits per heavy atom. The number of ether oxygens (including phenoxy) is 1. The maximum Gasteiger partial charge on any atom is 0.171 e. The molecule has 4 heteroatoms. The second-order valence-corrected chi connectivity index (χ2v) is 5.60. The maximum atomic E-state index is 5.67. The average molecular weight is 298 g/mol. The molecule has 3 rings (SSSR count). The molecule has 0 aliphatic carbocycles. The highest BCUT2D eigenvalue weighted by Crippen LogP contribution is 2.31. The smallest absolute Gasteiger partial charge is 0.171 e. The van der Waals surface area contributed by atoms with E-state index in [-0.39, 0.29) is 6.04 Å². The zero-order chi connectivity index (χ0) is 14.7. The van der Waals surface area contributed by atoms with Gasteiger partial charge >= 0.3 is 0 Å². The van der Waals surface area contributed by atoms with E-state index in [1.807, 2.05) is 30.3 Å². The van der Waals surface area contributed by atoms with Crippen LogP contribution in [0.1, 0.15) is 23.6 Å². The minimum absolute atomic E-state index is 0.194. The van der Waals surface area contributed by atoms with E-state index in [0.717, 1.165) is 23.4 Å². The van der Waals surface area contributed by atoms with E-state index in [9.17, 15) is 0 Å². The number of nitrogens with one attached hydrogen (secondary N) is 2. The first-order chi connectivity index (χ1) is 10.2. The Balaban J connectivity index is 1.68. The number of rotatable bonds is 2. The van der Waals surface area contributed by atoms with Crippen LogP contribution in [0, 0.1) is 6.92 Å². The van der Waals surface area contributed by atoms with Gasteiger partial charge in [-0.1, -0.05) is 30.3 Å². The molecule has 21 heavy (non-hydrogen) atoms. The summed E-state index contributed by atoms with van der Waals surface area (Å²) in [7, 11) is 0. The van der Waals surface area contributed by atoms with Crippen molar-refractivity contribution in [1.29, 1.82) is 0 Å². The van der Waals surface area contributed by atoms with E-state index in [0.29, 0.717) is 11.7 Å². The molecule has 0 spiro atoms. The third-order valence-electron chi connectivity index (χ3n) is 3.54. The monoisotopic (exact) mass is 298 g/mol. The number of aryl methyl sites for hydroxylation is 1. The van der Waals surface area contributed by atoms with Crippen LogP contribution in [0.25, 0.3) is 0 Å². The Kier molecular flexibility index (Phi) is 4.06. The van der Waals surface area contributed by atoms with Gasteiger partial charge in [-0.2, -0.15) is 0 Å². The molecule has 108 valence electrons. The van der Waals surface area contributed by atoms with Crippen LogP contribution < -0.4 is 15.4 Å². The van der Waals surface area contributed by atoms with Crippen LogP contribution >= 0.6 is 12.2 Å². The van der Waals surface area contributed by atoms with Crippen molar-refractivity contribution < 1.29 is 4.74 Å². The van der Waals surface area contributed by atoms with E-state index in [2.05, 4.69) is 35.8 Å². The van der Waals surface area contributed by atoms with Gasteiger partial charge < -0.3 is 15.4 Å². The highest BCUT2D eigenvalue weighted by atomic mass is 32.1. The van der Waals surface area contributed by atoms with E-state index in [1.165, 1.54) is 5.56 Å². The van der Waals surface area contributed by atoms with Crippen LogP contribution in [0.2, 0.25) is 0 Å². The van der Waals surface area contributed by atoms with Gasteiger partial charge in [-0.15, -0.1) is 0 Å². The first-order valence-electron chi connectivity index (χ1n) is 7.08. The van der Waals surface area contributed by atoms with Gasteiger partial charge in [-0.3, -0.25) is 0 Å². The largest absolute Gasteiger partial charge is 0.493 e. The van der Waals surface area contributed by atoms with Crippen molar-refractivity contribution in [1.82, 2.24) is 5.32 Å². The molecule has 0 saturated carbocycles. The van der Waals surface area contributed by atoms with Crippen molar-refractivity contribution in [2.45, 2.75) is 19.4 Å². The number of fused-ring (bicyclic) bond motifs is 1. The van der Waals surface area contributed by atoms with E-state index in [4.69, 9.17) is 17.0 Å². The average Bonchev–Trinajstić information content (AvgIpc) is 2.47. The lowest BCUT2D eigenvalue weighted by Crippen LogP contribution is -2.35. The topological polar surface area (TPSA) is 33.3 Å². The summed E-state index contributed by atoms with van der Waals surface area (Å²) in [6, 6.07) is 16.5. The van der Waals surface area contributed by atoms with Crippen molar-refractivity contribution >= 4 is 23.0 Å². The summed E-state index contributed by atoms with van der Waals surface area (Å²) in [6.07, 6.45) is 0.909. The molecule has 2 aromatic rings. The number of hydrogen-bond acceptors (Lipinski definition) is 2. The molecule has 0 fully saturated rings. The molecule has 1 aliphatic rings. The Labute approximate surface area is 130 Å². The van der Waals surface area contributed by atoms with Gasteiger partial charge in [-0.05, 0) is 42.9 Å². The van der Waals surface area contributed by atoms with Gasteiger partial charge in [-0.25, -0.2) is 0 Å². The van der Waals surface area contributed by atoms with Crippen LogP contribution in [-0.2, 0) is 0 Å². The summed E-state index contributed by atoms with van der Waals surface area (Å²) in [5.41, 5.74) is 3.38. The lowest BCUT2D eigenvalue weighted by Gasteiger charge is -2.27. The summed E-state index contributed by atoms with van der Waals surface area (Å²) in [6.45, 7) is 2.78. The minimum Gasteiger partial charge on any atom is -0.493 e. The lowest BCUT2D eigenvalue weighted by molar-refractivity contribution is 0.262. The SMILES string of the molecule is Cc1cccc(NC(=S)N[C@@H]2CCOc3ccccc32)c1. The summed E-state index contributed by atoms with van der Waals surface area (Å²) >= 11 is 5.43. The van der Waals surface area contributed by atoms with Gasteiger partial charge in [0.2, 0.25) is 0 Å². The third kappa shape index (κ3) is 3.34. The van der Waals surface area contributed by atoms with Crippen molar-refractivity contribution in [3.8, 4) is 5.75 Å². The van der Waals surface area contributed by atoms with Gasteiger partial charge in [0.15, 0.2) is 5.11 Å². The van der Waals surface area contributed by atoms with Gasteiger partial charge in [0.1, 0.15) is 5.75 Å². The molecule has 0 radical (unpaired) electrons. The number of para-hydroxylation sites is 1. The van der Waals surface area contributed by atoms with E-state index >= 15 is 0 Å². The van der Waals surface area contributed by atoms with Crippen molar-refractivity contribution in [3.63, 3.8) is 0 Å². The molecule has 1 aliphatic heterocycles. The minimum atomic E-state index is 0.194. The Morgan fingerprint density at radius 3 is 2.90 bits per heavy atom. The molecule has 0 unspecified atom stereocenters. The quantitative estimate of drug-likeness (QED) is 0.826. The molecule has 0 saturated heterocycles. The molecular weight excluding hydrogens is 280 g/mol. The predicted molar refractivity (Wildman–Crippen MR) is 89.8 cm³/mol. The van der Waals surface area contributed by atoms with Crippen molar-refractivity contribution in [3.05, 3.63) is 59.7 Å². The summed E-state index contributed by atoms with van der Waals surface area (Å²) < 4.78 is 5.67. The Morgan fingerprint density at radius 1 is 1.19 bits per heavy atom. The zero-order valence-electron chi connectivity index (χ0n) is 11.9. The van der Waals surface area contributed by atoms with Crippen molar-refractivity contribution in [2.75, 3.05) is 11.9 Å². The first-order valence-corrected chi connectivity index (χ1v) is 7.49. The Hall–Kier alpha value is -2.07. The van der Waals surface area contributed by atoms with Crippen LogP contribution in [-0.4, -0.2) is 11.7 Å². The molecule has 0 amide bonds.